The average Bonchev–Trinajstić information content (AvgIpc) is 2.64. The van der Waals surface area contributed by atoms with Crippen molar-refractivity contribution >= 4 is 11.7 Å². The number of nitrogen functional groups attached to an aromatic ring is 1. The highest BCUT2D eigenvalue weighted by molar-refractivity contribution is 5.91. The molecule has 4 N–H and O–H groups in total. The van der Waals surface area contributed by atoms with Crippen LogP contribution in [0.1, 0.15) is 16.1 Å². The quantitative estimate of drug-likeness (QED) is 0.821. The van der Waals surface area contributed by atoms with E-state index in [4.69, 9.17) is 11.5 Å². The van der Waals surface area contributed by atoms with Crippen LogP contribution in [-0.2, 0) is 6.54 Å². The maximum absolute atomic E-state index is 13.4. The molecule has 88 valence electrons. The maximum Gasteiger partial charge on any atom is 0.269 e. The first-order valence-corrected chi connectivity index (χ1v) is 4.94. The van der Waals surface area contributed by atoms with E-state index >= 15 is 0 Å². The third kappa shape index (κ3) is 2.25. The largest absolute Gasteiger partial charge is 0.384 e. The highest BCUT2D eigenvalue weighted by Gasteiger charge is 2.11. The molecule has 0 radical (unpaired) electrons. The second kappa shape index (κ2) is 4.25. The van der Waals surface area contributed by atoms with Crippen molar-refractivity contribution in [1.29, 1.82) is 0 Å². The number of rotatable bonds is 3. The van der Waals surface area contributed by atoms with Crippen molar-refractivity contribution in [1.82, 2.24) is 9.78 Å². The number of amides is 1. The molecule has 6 heteroatoms. The lowest BCUT2D eigenvalue weighted by atomic mass is 10.2. The van der Waals surface area contributed by atoms with Crippen molar-refractivity contribution in [3.05, 3.63) is 47.4 Å². The van der Waals surface area contributed by atoms with Crippen molar-refractivity contribution < 1.29 is 9.18 Å². The lowest BCUT2D eigenvalue weighted by Gasteiger charge is -2.04. The topological polar surface area (TPSA) is 86.9 Å². The van der Waals surface area contributed by atoms with Crippen molar-refractivity contribution in [3.8, 4) is 0 Å². The molecule has 0 fully saturated rings. The summed E-state index contributed by atoms with van der Waals surface area (Å²) in [6, 6.07) is 7.65. The number of primary amides is 1. The van der Waals surface area contributed by atoms with E-state index in [0.29, 0.717) is 5.56 Å². The van der Waals surface area contributed by atoms with Gasteiger partial charge in [0.05, 0.1) is 6.54 Å². The zero-order valence-corrected chi connectivity index (χ0v) is 8.93. The molecular weight excluding hydrogens is 223 g/mol. The molecule has 1 heterocycles. The molecule has 5 nitrogen and oxygen atoms in total. The molecule has 17 heavy (non-hydrogen) atoms. The third-order valence-corrected chi connectivity index (χ3v) is 2.34. The molecule has 0 aliphatic rings. The number of nitrogens with zero attached hydrogens (tertiary/aromatic N) is 2. The molecule has 0 aliphatic carbocycles. The Kier molecular flexibility index (Phi) is 2.78. The van der Waals surface area contributed by atoms with Crippen molar-refractivity contribution in [2.45, 2.75) is 6.54 Å². The van der Waals surface area contributed by atoms with Crippen LogP contribution >= 0.6 is 0 Å². The van der Waals surface area contributed by atoms with Crippen molar-refractivity contribution in [2.24, 2.45) is 5.73 Å². The number of carbonyl (C=O) groups excluding carboxylic acids is 1. The molecule has 0 unspecified atom stereocenters. The van der Waals surface area contributed by atoms with Gasteiger partial charge in [0.1, 0.15) is 11.6 Å². The molecule has 1 aromatic heterocycles. The first kappa shape index (κ1) is 11.1. The monoisotopic (exact) mass is 234 g/mol. The summed E-state index contributed by atoms with van der Waals surface area (Å²) in [6.45, 7) is 0.159. The molecule has 2 aromatic rings. The van der Waals surface area contributed by atoms with E-state index in [-0.39, 0.29) is 23.9 Å². The third-order valence-electron chi connectivity index (χ3n) is 2.34. The second-order valence-electron chi connectivity index (χ2n) is 3.57. The zero-order valence-electron chi connectivity index (χ0n) is 8.93. The lowest BCUT2D eigenvalue weighted by Crippen LogP contribution is -2.13. The Morgan fingerprint density at radius 1 is 1.41 bits per heavy atom. The predicted molar refractivity (Wildman–Crippen MR) is 60.7 cm³/mol. The van der Waals surface area contributed by atoms with Gasteiger partial charge in [-0.3, -0.25) is 4.79 Å². The van der Waals surface area contributed by atoms with Gasteiger partial charge in [-0.2, -0.15) is 5.10 Å². The van der Waals surface area contributed by atoms with Gasteiger partial charge in [-0.1, -0.05) is 18.2 Å². The Hall–Kier alpha value is -2.37. The first-order chi connectivity index (χ1) is 8.08. The van der Waals surface area contributed by atoms with Crippen LogP contribution in [0.4, 0.5) is 10.2 Å². The minimum Gasteiger partial charge on any atom is -0.384 e. The van der Waals surface area contributed by atoms with Crippen LogP contribution in [0, 0.1) is 5.82 Å². The van der Waals surface area contributed by atoms with Crippen molar-refractivity contribution in [3.63, 3.8) is 0 Å². The van der Waals surface area contributed by atoms with Gasteiger partial charge < -0.3 is 11.5 Å². The van der Waals surface area contributed by atoms with Gasteiger partial charge in [0.2, 0.25) is 0 Å². The van der Waals surface area contributed by atoms with E-state index < -0.39 is 5.91 Å². The van der Waals surface area contributed by atoms with E-state index in [1.54, 1.807) is 18.2 Å². The minimum absolute atomic E-state index is 0.0684. The van der Waals surface area contributed by atoms with Crippen LogP contribution in [0.3, 0.4) is 0 Å². The summed E-state index contributed by atoms with van der Waals surface area (Å²) in [5, 5.41) is 3.90. The van der Waals surface area contributed by atoms with Crippen LogP contribution in [0.15, 0.2) is 30.3 Å². The molecular formula is C11H11FN4O. The van der Waals surface area contributed by atoms with Crippen LogP contribution < -0.4 is 11.5 Å². The van der Waals surface area contributed by atoms with Crippen LogP contribution in [-0.4, -0.2) is 15.7 Å². The molecule has 0 bridgehead atoms. The van der Waals surface area contributed by atoms with Crippen LogP contribution in [0.5, 0.6) is 0 Å². The fourth-order valence-corrected chi connectivity index (χ4v) is 1.47. The highest BCUT2D eigenvalue weighted by atomic mass is 19.1. The summed E-state index contributed by atoms with van der Waals surface area (Å²) in [5.74, 6) is -0.742. The van der Waals surface area contributed by atoms with Gasteiger partial charge in [-0.05, 0) is 6.07 Å². The van der Waals surface area contributed by atoms with E-state index in [2.05, 4.69) is 5.10 Å². The molecule has 0 atom stereocenters. The summed E-state index contributed by atoms with van der Waals surface area (Å²) in [4.78, 5) is 10.9. The molecule has 0 saturated heterocycles. The number of nitrogens with two attached hydrogens (primary N) is 2. The van der Waals surface area contributed by atoms with E-state index in [1.165, 1.54) is 16.8 Å². The molecule has 0 saturated carbocycles. The Balaban J connectivity index is 2.30. The van der Waals surface area contributed by atoms with Gasteiger partial charge in [0, 0.05) is 11.6 Å². The summed E-state index contributed by atoms with van der Waals surface area (Å²) in [6.07, 6.45) is 0. The number of hydrogen-bond acceptors (Lipinski definition) is 3. The van der Waals surface area contributed by atoms with E-state index in [1.807, 2.05) is 0 Å². The molecule has 1 aromatic carbocycles. The second-order valence-corrected chi connectivity index (χ2v) is 3.57. The van der Waals surface area contributed by atoms with Gasteiger partial charge in [-0.15, -0.1) is 0 Å². The molecule has 1 amide bonds. The molecule has 2 rings (SSSR count). The molecule has 0 spiro atoms. The number of carbonyl (C=O) groups is 1. The zero-order chi connectivity index (χ0) is 12.4. The van der Waals surface area contributed by atoms with Gasteiger partial charge in [0.25, 0.3) is 5.91 Å². The smallest absolute Gasteiger partial charge is 0.269 e. The van der Waals surface area contributed by atoms with Gasteiger partial charge in [0.15, 0.2) is 5.69 Å². The SMILES string of the molecule is NC(=O)c1cc(N)n(Cc2ccccc2F)n1. The molecule has 0 aliphatic heterocycles. The number of halogens is 1. The summed E-state index contributed by atoms with van der Waals surface area (Å²) >= 11 is 0. The summed E-state index contributed by atoms with van der Waals surface area (Å²) < 4.78 is 14.7. The highest BCUT2D eigenvalue weighted by Crippen LogP contribution is 2.12. The Morgan fingerprint density at radius 2 is 2.12 bits per heavy atom. The van der Waals surface area contributed by atoms with Gasteiger partial charge >= 0.3 is 0 Å². The Morgan fingerprint density at radius 3 is 2.71 bits per heavy atom. The maximum atomic E-state index is 13.4. The first-order valence-electron chi connectivity index (χ1n) is 4.94. The lowest BCUT2D eigenvalue weighted by molar-refractivity contribution is 0.0995. The Labute approximate surface area is 96.8 Å². The van der Waals surface area contributed by atoms with Crippen LogP contribution in [0.2, 0.25) is 0 Å². The van der Waals surface area contributed by atoms with E-state index in [0.717, 1.165) is 0 Å². The fourth-order valence-electron chi connectivity index (χ4n) is 1.47. The minimum atomic E-state index is -0.663. The number of hydrogen-bond donors (Lipinski definition) is 2. The summed E-state index contributed by atoms with van der Waals surface area (Å²) in [5.41, 5.74) is 11.2. The van der Waals surface area contributed by atoms with Crippen molar-refractivity contribution in [2.75, 3.05) is 5.73 Å². The van der Waals surface area contributed by atoms with E-state index in [9.17, 15) is 9.18 Å². The van der Waals surface area contributed by atoms with Gasteiger partial charge in [-0.25, -0.2) is 9.07 Å². The number of aromatic nitrogens is 2. The number of anilines is 1. The normalized spacial score (nSPS) is 10.4. The Bertz CT molecular complexity index is 564. The number of benzene rings is 1. The average molecular weight is 234 g/mol. The standard InChI is InChI=1S/C11H11FN4O/c12-8-4-2-1-3-7(8)6-16-10(13)5-9(15-16)11(14)17/h1-5H,6,13H2,(H2,14,17). The van der Waals surface area contributed by atoms with Crippen LogP contribution in [0.25, 0.3) is 0 Å². The predicted octanol–water partition coefficient (Wildman–Crippen LogP) is 0.752. The summed E-state index contributed by atoms with van der Waals surface area (Å²) in [7, 11) is 0. The fraction of sp³-hybridized carbons (Fsp3) is 0.0909.